The minimum atomic E-state index is -0.799. The van der Waals surface area contributed by atoms with E-state index in [9.17, 15) is 9.50 Å². The van der Waals surface area contributed by atoms with E-state index in [1.807, 2.05) is 0 Å². The van der Waals surface area contributed by atoms with Crippen molar-refractivity contribution in [2.24, 2.45) is 5.73 Å². The molecule has 0 spiro atoms. The number of halogens is 3. The van der Waals surface area contributed by atoms with Crippen LogP contribution in [0.2, 0.25) is 0 Å². The van der Waals surface area contributed by atoms with Gasteiger partial charge in [-0.05, 0) is 50.0 Å². The van der Waals surface area contributed by atoms with Crippen molar-refractivity contribution in [2.75, 3.05) is 26.2 Å². The third-order valence-corrected chi connectivity index (χ3v) is 3.74. The van der Waals surface area contributed by atoms with Gasteiger partial charge in [0.05, 0.1) is 5.60 Å². The maximum absolute atomic E-state index is 12.9. The summed E-state index contributed by atoms with van der Waals surface area (Å²) in [6.07, 6.45) is 2.39. The average Bonchev–Trinajstić information content (AvgIpc) is 2.39. The van der Waals surface area contributed by atoms with Crippen molar-refractivity contribution in [1.82, 2.24) is 4.90 Å². The van der Waals surface area contributed by atoms with Gasteiger partial charge in [0.25, 0.3) is 0 Å². The van der Waals surface area contributed by atoms with Crippen LogP contribution in [-0.2, 0) is 5.60 Å². The minimum absolute atomic E-state index is 0. The van der Waals surface area contributed by atoms with E-state index in [1.165, 1.54) is 12.1 Å². The molecule has 1 saturated heterocycles. The third-order valence-electron chi connectivity index (χ3n) is 3.74. The number of hydrogen-bond acceptors (Lipinski definition) is 3. The quantitative estimate of drug-likeness (QED) is 0.893. The molecule has 1 aromatic rings. The summed E-state index contributed by atoms with van der Waals surface area (Å²) in [5.74, 6) is -0.261. The van der Waals surface area contributed by atoms with E-state index in [0.717, 1.165) is 31.6 Å². The maximum atomic E-state index is 12.9. The highest BCUT2D eigenvalue weighted by Gasteiger charge is 2.33. The first-order valence-electron chi connectivity index (χ1n) is 6.55. The van der Waals surface area contributed by atoms with Gasteiger partial charge in [-0.25, -0.2) is 4.39 Å². The summed E-state index contributed by atoms with van der Waals surface area (Å²) in [5.41, 5.74) is 5.52. The zero-order chi connectivity index (χ0) is 13.0. The summed E-state index contributed by atoms with van der Waals surface area (Å²) in [6.45, 7) is 3.44. The van der Waals surface area contributed by atoms with Gasteiger partial charge in [0.2, 0.25) is 0 Å². The van der Waals surface area contributed by atoms with Crippen LogP contribution in [0.5, 0.6) is 0 Å². The average molecular weight is 325 g/mol. The second-order valence-electron chi connectivity index (χ2n) is 5.02. The van der Waals surface area contributed by atoms with Crippen molar-refractivity contribution >= 4 is 24.8 Å². The topological polar surface area (TPSA) is 49.5 Å². The molecular formula is C14H23Cl2FN2O. The fourth-order valence-electron chi connectivity index (χ4n) is 2.51. The summed E-state index contributed by atoms with van der Waals surface area (Å²) in [7, 11) is 0. The molecule has 0 bridgehead atoms. The van der Waals surface area contributed by atoms with Crippen LogP contribution in [0.15, 0.2) is 24.3 Å². The van der Waals surface area contributed by atoms with Gasteiger partial charge >= 0.3 is 0 Å². The molecule has 1 aliphatic rings. The normalized spacial score (nSPS) is 17.9. The van der Waals surface area contributed by atoms with E-state index >= 15 is 0 Å². The van der Waals surface area contributed by atoms with Gasteiger partial charge < -0.3 is 15.7 Å². The predicted octanol–water partition coefficient (Wildman–Crippen LogP) is 2.30. The van der Waals surface area contributed by atoms with Gasteiger partial charge in [-0.1, -0.05) is 12.1 Å². The fraction of sp³-hybridized carbons (Fsp3) is 0.571. The molecule has 6 heteroatoms. The van der Waals surface area contributed by atoms with Crippen LogP contribution in [0.1, 0.15) is 24.8 Å². The van der Waals surface area contributed by atoms with Crippen LogP contribution in [0.3, 0.4) is 0 Å². The lowest BCUT2D eigenvalue weighted by molar-refractivity contribution is -0.0259. The Hall–Kier alpha value is -0.390. The number of aliphatic hydroxyl groups is 1. The Morgan fingerprint density at radius 3 is 2.20 bits per heavy atom. The third kappa shape index (κ3) is 4.86. The maximum Gasteiger partial charge on any atom is 0.123 e. The zero-order valence-corrected chi connectivity index (χ0v) is 13.1. The fourth-order valence-corrected chi connectivity index (χ4v) is 2.51. The highest BCUT2D eigenvalue weighted by Crippen LogP contribution is 2.32. The SMILES string of the molecule is Cl.Cl.NCCCN1CCC(O)(c2ccc(F)cc2)CC1. The van der Waals surface area contributed by atoms with Gasteiger partial charge in [0.15, 0.2) is 0 Å². The van der Waals surface area contributed by atoms with Crippen LogP contribution < -0.4 is 5.73 Å². The van der Waals surface area contributed by atoms with Crippen LogP contribution in [-0.4, -0.2) is 36.2 Å². The molecule has 3 nitrogen and oxygen atoms in total. The molecule has 0 aliphatic carbocycles. The largest absolute Gasteiger partial charge is 0.385 e. The van der Waals surface area contributed by atoms with Crippen LogP contribution in [0.4, 0.5) is 4.39 Å². The van der Waals surface area contributed by atoms with Gasteiger partial charge in [-0.15, -0.1) is 24.8 Å². The molecule has 116 valence electrons. The summed E-state index contributed by atoms with van der Waals surface area (Å²) < 4.78 is 12.9. The highest BCUT2D eigenvalue weighted by atomic mass is 35.5. The molecule has 0 atom stereocenters. The summed E-state index contributed by atoms with van der Waals surface area (Å²) in [5, 5.41) is 10.6. The van der Waals surface area contributed by atoms with Gasteiger partial charge in [-0.3, -0.25) is 0 Å². The second kappa shape index (κ2) is 8.80. The van der Waals surface area contributed by atoms with Gasteiger partial charge in [0, 0.05) is 13.1 Å². The Morgan fingerprint density at radius 1 is 1.15 bits per heavy atom. The molecule has 1 aliphatic heterocycles. The standard InChI is InChI=1S/C14H21FN2O.2ClH/c15-13-4-2-12(3-5-13)14(18)6-10-17(11-7-14)9-1-8-16;;/h2-5,18H,1,6-11,16H2;2*1H. The van der Waals surface area contributed by atoms with Crippen molar-refractivity contribution in [3.63, 3.8) is 0 Å². The second-order valence-corrected chi connectivity index (χ2v) is 5.02. The number of nitrogens with two attached hydrogens (primary N) is 1. The lowest BCUT2D eigenvalue weighted by Crippen LogP contribution is -2.43. The van der Waals surface area contributed by atoms with E-state index in [1.54, 1.807) is 12.1 Å². The highest BCUT2D eigenvalue weighted by molar-refractivity contribution is 5.85. The van der Waals surface area contributed by atoms with Crippen LogP contribution in [0.25, 0.3) is 0 Å². The van der Waals surface area contributed by atoms with Crippen LogP contribution >= 0.6 is 24.8 Å². The first-order valence-corrected chi connectivity index (χ1v) is 6.55. The first-order chi connectivity index (χ1) is 8.64. The number of likely N-dealkylation sites (tertiary alicyclic amines) is 1. The molecule has 20 heavy (non-hydrogen) atoms. The molecule has 1 fully saturated rings. The van der Waals surface area contributed by atoms with E-state index in [2.05, 4.69) is 4.90 Å². The molecule has 0 amide bonds. The molecule has 0 aromatic heterocycles. The van der Waals surface area contributed by atoms with Gasteiger partial charge in [0.1, 0.15) is 5.82 Å². The molecule has 0 unspecified atom stereocenters. The smallest absolute Gasteiger partial charge is 0.123 e. The van der Waals surface area contributed by atoms with Crippen molar-refractivity contribution in [1.29, 1.82) is 0 Å². The van der Waals surface area contributed by atoms with Crippen molar-refractivity contribution < 1.29 is 9.50 Å². The Kier molecular flexibility index (Phi) is 8.63. The Balaban J connectivity index is 0.00000180. The molecular weight excluding hydrogens is 302 g/mol. The number of nitrogens with zero attached hydrogens (tertiary/aromatic N) is 1. The Bertz CT molecular complexity index is 381. The molecule has 3 N–H and O–H groups in total. The summed E-state index contributed by atoms with van der Waals surface area (Å²) in [6, 6.07) is 6.19. The zero-order valence-electron chi connectivity index (χ0n) is 11.4. The molecule has 0 radical (unpaired) electrons. The number of benzene rings is 1. The number of hydrogen-bond donors (Lipinski definition) is 2. The lowest BCUT2D eigenvalue weighted by atomic mass is 9.84. The number of piperidine rings is 1. The summed E-state index contributed by atoms with van der Waals surface area (Å²) >= 11 is 0. The molecule has 0 saturated carbocycles. The Morgan fingerprint density at radius 2 is 1.70 bits per heavy atom. The number of rotatable bonds is 4. The predicted molar refractivity (Wildman–Crippen MR) is 84.1 cm³/mol. The van der Waals surface area contributed by atoms with Crippen molar-refractivity contribution in [3.8, 4) is 0 Å². The first kappa shape index (κ1) is 19.6. The van der Waals surface area contributed by atoms with Crippen LogP contribution in [0, 0.1) is 5.82 Å². The summed E-state index contributed by atoms with van der Waals surface area (Å²) in [4.78, 5) is 2.32. The lowest BCUT2D eigenvalue weighted by Gasteiger charge is -2.38. The van der Waals surface area contributed by atoms with Crippen molar-refractivity contribution in [2.45, 2.75) is 24.9 Å². The van der Waals surface area contributed by atoms with Crippen molar-refractivity contribution in [3.05, 3.63) is 35.6 Å². The van der Waals surface area contributed by atoms with E-state index < -0.39 is 5.60 Å². The molecule has 1 heterocycles. The minimum Gasteiger partial charge on any atom is -0.385 e. The monoisotopic (exact) mass is 324 g/mol. The van der Waals surface area contributed by atoms with E-state index in [0.29, 0.717) is 19.4 Å². The van der Waals surface area contributed by atoms with E-state index in [4.69, 9.17) is 5.73 Å². The molecule has 1 aromatic carbocycles. The van der Waals surface area contributed by atoms with E-state index in [-0.39, 0.29) is 30.6 Å². The Labute approximate surface area is 132 Å². The van der Waals surface area contributed by atoms with Gasteiger partial charge in [-0.2, -0.15) is 0 Å². The molecule has 2 rings (SSSR count).